The van der Waals surface area contributed by atoms with Crippen molar-refractivity contribution in [3.05, 3.63) is 64.1 Å². The molecule has 0 saturated carbocycles. The molecule has 2 atom stereocenters. The fourth-order valence-electron chi connectivity index (χ4n) is 4.34. The van der Waals surface area contributed by atoms with E-state index in [2.05, 4.69) is 15.2 Å². The van der Waals surface area contributed by atoms with Crippen molar-refractivity contribution in [2.75, 3.05) is 26.2 Å². The van der Waals surface area contributed by atoms with Crippen molar-refractivity contribution in [2.45, 2.75) is 51.4 Å². The second kappa shape index (κ2) is 11.2. The Hall–Kier alpha value is -3.63. The topological polar surface area (TPSA) is 134 Å². The average Bonchev–Trinajstić information content (AvgIpc) is 3.39. The van der Waals surface area contributed by atoms with Crippen LogP contribution in [0.4, 0.5) is 0 Å². The molecular weight excluding hydrogens is 478 g/mol. The van der Waals surface area contributed by atoms with Gasteiger partial charge in [0.25, 0.3) is 0 Å². The van der Waals surface area contributed by atoms with Gasteiger partial charge >= 0.3 is 11.7 Å². The average molecular weight is 512 g/mol. The number of β-amino-alcohol motifs (C(OH)–C–C–N with tert-alkyl or cyclic N) is 1. The van der Waals surface area contributed by atoms with Crippen molar-refractivity contribution in [2.24, 2.45) is 0 Å². The maximum atomic E-state index is 13.0. The van der Waals surface area contributed by atoms with Crippen LogP contribution in [-0.2, 0) is 20.7 Å². The smallest absolute Gasteiger partial charge is 0.417 e. The van der Waals surface area contributed by atoms with Crippen LogP contribution in [0, 0.1) is 0 Å². The van der Waals surface area contributed by atoms with E-state index in [0.29, 0.717) is 36.4 Å². The summed E-state index contributed by atoms with van der Waals surface area (Å²) < 4.78 is 16.0. The van der Waals surface area contributed by atoms with Crippen LogP contribution in [0.25, 0.3) is 11.1 Å². The SMILES string of the molecule is CC(C)(C)OC(=O)COc1cccc([C@@H](CN2CCC(O)C2)NC(=O)Cc2ccc3oc(=O)[nH]c3c2)c1. The number of fused-ring (bicyclic) bond motifs is 1. The van der Waals surface area contributed by atoms with Crippen molar-refractivity contribution in [1.82, 2.24) is 15.2 Å². The highest BCUT2D eigenvalue weighted by atomic mass is 16.6. The Kier molecular flexibility index (Phi) is 7.99. The molecule has 1 aliphatic heterocycles. The fraction of sp³-hybridized carbons (Fsp3) is 0.444. The van der Waals surface area contributed by atoms with E-state index in [1.165, 1.54) is 0 Å². The zero-order valence-corrected chi connectivity index (χ0v) is 21.3. The van der Waals surface area contributed by atoms with Crippen molar-refractivity contribution >= 4 is 23.0 Å². The first-order valence-electron chi connectivity index (χ1n) is 12.3. The van der Waals surface area contributed by atoms with E-state index in [0.717, 1.165) is 17.7 Å². The molecule has 0 spiro atoms. The van der Waals surface area contributed by atoms with E-state index in [-0.39, 0.29) is 31.1 Å². The molecule has 1 saturated heterocycles. The molecule has 0 radical (unpaired) electrons. The number of rotatable bonds is 9. The number of likely N-dealkylation sites (tertiary alicyclic amines) is 1. The van der Waals surface area contributed by atoms with E-state index >= 15 is 0 Å². The summed E-state index contributed by atoms with van der Waals surface area (Å²) in [6.45, 7) is 6.92. The van der Waals surface area contributed by atoms with Crippen LogP contribution < -0.4 is 15.8 Å². The molecule has 3 N–H and O–H groups in total. The third kappa shape index (κ3) is 7.68. The number of nitrogens with one attached hydrogen (secondary N) is 2. The van der Waals surface area contributed by atoms with Gasteiger partial charge in [-0.3, -0.25) is 14.7 Å². The number of aliphatic hydroxyl groups excluding tert-OH is 1. The zero-order chi connectivity index (χ0) is 26.6. The molecule has 4 rings (SSSR count). The summed E-state index contributed by atoms with van der Waals surface area (Å²) in [5.74, 6) is -0.726. The second-order valence-corrected chi connectivity index (χ2v) is 10.3. The number of aromatic amines is 1. The van der Waals surface area contributed by atoms with Gasteiger partial charge in [-0.15, -0.1) is 0 Å². The Bertz CT molecular complexity index is 1310. The number of oxazole rings is 1. The largest absolute Gasteiger partial charge is 0.482 e. The van der Waals surface area contributed by atoms with Crippen molar-refractivity contribution in [1.29, 1.82) is 0 Å². The number of H-pyrrole nitrogens is 1. The third-order valence-electron chi connectivity index (χ3n) is 5.91. The van der Waals surface area contributed by atoms with Crippen LogP contribution in [0.15, 0.2) is 51.7 Å². The number of esters is 1. The molecule has 1 unspecified atom stereocenters. The number of carbonyl (C=O) groups excluding carboxylic acids is 2. The number of benzene rings is 2. The molecule has 0 bridgehead atoms. The lowest BCUT2D eigenvalue weighted by Gasteiger charge is -2.25. The first-order chi connectivity index (χ1) is 17.5. The summed E-state index contributed by atoms with van der Waals surface area (Å²) in [6, 6.07) is 12.0. The zero-order valence-electron chi connectivity index (χ0n) is 21.3. The lowest BCUT2D eigenvalue weighted by atomic mass is 10.0. The van der Waals surface area contributed by atoms with Crippen LogP contribution in [0.1, 0.15) is 44.4 Å². The normalized spacial score (nSPS) is 17.0. The first kappa shape index (κ1) is 26.4. The highest BCUT2D eigenvalue weighted by Gasteiger charge is 2.25. The monoisotopic (exact) mass is 511 g/mol. The number of hydrogen-bond donors (Lipinski definition) is 3. The highest BCUT2D eigenvalue weighted by Crippen LogP contribution is 2.23. The molecule has 1 aliphatic rings. The third-order valence-corrected chi connectivity index (χ3v) is 5.91. The maximum absolute atomic E-state index is 13.0. The molecule has 2 aromatic carbocycles. The minimum absolute atomic E-state index is 0.108. The van der Waals surface area contributed by atoms with E-state index in [1.54, 1.807) is 57.2 Å². The lowest BCUT2D eigenvalue weighted by Crippen LogP contribution is -2.38. The summed E-state index contributed by atoms with van der Waals surface area (Å²) in [4.78, 5) is 41.2. The number of amides is 1. The molecule has 37 heavy (non-hydrogen) atoms. The van der Waals surface area contributed by atoms with E-state index in [4.69, 9.17) is 13.9 Å². The van der Waals surface area contributed by atoms with E-state index in [1.807, 2.05) is 6.07 Å². The minimum Gasteiger partial charge on any atom is -0.482 e. The maximum Gasteiger partial charge on any atom is 0.417 e. The van der Waals surface area contributed by atoms with Gasteiger partial charge in [-0.05, 0) is 62.6 Å². The van der Waals surface area contributed by atoms with Crippen molar-refractivity contribution in [3.8, 4) is 5.75 Å². The molecule has 3 aromatic rings. The van der Waals surface area contributed by atoms with Crippen LogP contribution in [-0.4, -0.2) is 64.8 Å². The van der Waals surface area contributed by atoms with Crippen LogP contribution in [0.2, 0.25) is 0 Å². The predicted molar refractivity (Wildman–Crippen MR) is 136 cm³/mol. The second-order valence-electron chi connectivity index (χ2n) is 10.3. The number of hydrogen-bond acceptors (Lipinski definition) is 8. The quantitative estimate of drug-likeness (QED) is 0.373. The standard InChI is InChI=1S/C27H33N3O7/c1-27(2,3)37-25(33)16-35-20-6-4-5-18(13-20)22(15-30-10-9-19(31)14-30)28-24(32)12-17-7-8-23-21(11-17)29-26(34)36-23/h4-8,11,13,19,22,31H,9-10,12,14-16H2,1-3H3,(H,28,32)(H,29,34)/t19?,22-/m1/s1. The van der Waals surface area contributed by atoms with E-state index in [9.17, 15) is 19.5 Å². The van der Waals surface area contributed by atoms with Gasteiger partial charge in [0.1, 0.15) is 11.4 Å². The summed E-state index contributed by atoms with van der Waals surface area (Å²) in [7, 11) is 0. The van der Waals surface area contributed by atoms with Gasteiger partial charge < -0.3 is 24.3 Å². The fourth-order valence-corrected chi connectivity index (χ4v) is 4.34. The minimum atomic E-state index is -0.602. The number of nitrogens with zero attached hydrogens (tertiary/aromatic N) is 1. The van der Waals surface area contributed by atoms with Gasteiger partial charge in [0, 0.05) is 19.6 Å². The van der Waals surface area contributed by atoms with Crippen molar-refractivity contribution < 1.29 is 28.6 Å². The van der Waals surface area contributed by atoms with Gasteiger partial charge in [-0.2, -0.15) is 0 Å². The van der Waals surface area contributed by atoms with Crippen LogP contribution >= 0.6 is 0 Å². The Morgan fingerprint density at radius 3 is 2.78 bits per heavy atom. The Morgan fingerprint density at radius 2 is 2.05 bits per heavy atom. The summed E-state index contributed by atoms with van der Waals surface area (Å²) in [6.07, 6.45) is 0.406. The Labute approximate surface area is 214 Å². The Balaban J connectivity index is 1.46. The van der Waals surface area contributed by atoms with Crippen LogP contribution in [0.5, 0.6) is 5.75 Å². The molecule has 10 nitrogen and oxygen atoms in total. The molecule has 1 amide bonds. The van der Waals surface area contributed by atoms with Crippen molar-refractivity contribution in [3.63, 3.8) is 0 Å². The summed E-state index contributed by atoms with van der Waals surface area (Å²) in [5.41, 5.74) is 1.91. The molecule has 198 valence electrons. The molecule has 1 aromatic heterocycles. The number of aliphatic hydroxyl groups is 1. The number of ether oxygens (including phenoxy) is 2. The van der Waals surface area contributed by atoms with Gasteiger partial charge in [0.2, 0.25) is 5.91 Å². The molecular formula is C27H33N3O7. The van der Waals surface area contributed by atoms with Gasteiger partial charge in [-0.1, -0.05) is 18.2 Å². The van der Waals surface area contributed by atoms with Crippen LogP contribution in [0.3, 0.4) is 0 Å². The number of aromatic nitrogens is 1. The molecule has 1 fully saturated rings. The number of carbonyl (C=O) groups is 2. The lowest BCUT2D eigenvalue weighted by molar-refractivity contribution is -0.157. The van der Waals surface area contributed by atoms with Gasteiger partial charge in [0.15, 0.2) is 12.2 Å². The predicted octanol–water partition coefficient (Wildman–Crippen LogP) is 2.31. The first-order valence-corrected chi connectivity index (χ1v) is 12.3. The van der Waals surface area contributed by atoms with E-state index < -0.39 is 17.3 Å². The highest BCUT2D eigenvalue weighted by molar-refractivity contribution is 5.81. The molecule has 10 heteroatoms. The van der Waals surface area contributed by atoms with Gasteiger partial charge in [-0.25, -0.2) is 9.59 Å². The molecule has 0 aliphatic carbocycles. The molecule has 2 heterocycles. The summed E-state index contributed by atoms with van der Waals surface area (Å²) >= 11 is 0. The van der Waals surface area contributed by atoms with Gasteiger partial charge in [0.05, 0.1) is 24.1 Å². The summed E-state index contributed by atoms with van der Waals surface area (Å²) in [5, 5.41) is 13.1. The Morgan fingerprint density at radius 1 is 1.24 bits per heavy atom.